The number of rotatable bonds is 3. The molecule has 0 aliphatic heterocycles. The second-order valence-electron chi connectivity index (χ2n) is 3.44. The van der Waals surface area contributed by atoms with E-state index in [1.54, 1.807) is 24.3 Å². The normalized spacial score (nSPS) is 10.4. The molecule has 94 valence electrons. The van der Waals surface area contributed by atoms with Gasteiger partial charge in [0.15, 0.2) is 0 Å². The largest absolute Gasteiger partial charge is 0.436 e. The molecule has 0 radical (unpaired) electrons. The number of aromatic nitrogens is 1. The highest BCUT2D eigenvalue weighted by atomic mass is 35.5. The van der Waals surface area contributed by atoms with Gasteiger partial charge in [-0.15, -0.1) is 0 Å². The fourth-order valence-electron chi connectivity index (χ4n) is 1.29. The Labute approximate surface area is 119 Å². The van der Waals surface area contributed by atoms with Crippen LogP contribution in [0.2, 0.25) is 15.1 Å². The van der Waals surface area contributed by atoms with Gasteiger partial charge in [-0.25, -0.2) is 4.98 Å². The summed E-state index contributed by atoms with van der Waals surface area (Å²) < 4.78 is 5.48. The molecule has 1 N–H and O–H groups in total. The number of ether oxygens (including phenoxy) is 1. The van der Waals surface area contributed by atoms with Gasteiger partial charge in [-0.3, -0.25) is 0 Å². The maximum absolute atomic E-state index is 8.95. The summed E-state index contributed by atoms with van der Waals surface area (Å²) in [5.41, 5.74) is 0.601. The number of benzene rings is 1. The smallest absolute Gasteiger partial charge is 0.238 e. The molecule has 2 rings (SSSR count). The first-order chi connectivity index (χ1) is 8.61. The highest BCUT2D eigenvalue weighted by Crippen LogP contribution is 2.36. The maximum atomic E-state index is 8.95. The van der Waals surface area contributed by atoms with E-state index in [1.165, 1.54) is 6.20 Å². The van der Waals surface area contributed by atoms with Crippen LogP contribution in [0, 0.1) is 0 Å². The van der Waals surface area contributed by atoms with E-state index in [2.05, 4.69) is 4.98 Å². The minimum absolute atomic E-state index is 0.134. The number of aliphatic hydroxyl groups excluding tert-OH is 1. The Balaban J connectivity index is 2.31. The van der Waals surface area contributed by atoms with E-state index in [-0.39, 0.29) is 17.5 Å². The molecule has 0 amide bonds. The summed E-state index contributed by atoms with van der Waals surface area (Å²) in [5.74, 6) is 0.577. The fraction of sp³-hybridized carbons (Fsp3) is 0.0833. The summed E-state index contributed by atoms with van der Waals surface area (Å²) in [5, 5.41) is 9.92. The molecule has 0 spiro atoms. The average Bonchev–Trinajstić information content (AvgIpc) is 2.37. The van der Waals surface area contributed by atoms with Crippen LogP contribution >= 0.6 is 34.8 Å². The topological polar surface area (TPSA) is 42.4 Å². The molecule has 0 saturated carbocycles. The van der Waals surface area contributed by atoms with Crippen LogP contribution in [0.25, 0.3) is 0 Å². The number of nitrogens with zero attached hydrogens (tertiary/aromatic N) is 1. The summed E-state index contributed by atoms with van der Waals surface area (Å²) in [6, 6.07) is 6.59. The molecule has 0 atom stereocenters. The summed E-state index contributed by atoms with van der Waals surface area (Å²) in [4.78, 5) is 4.00. The van der Waals surface area contributed by atoms with E-state index in [0.29, 0.717) is 21.4 Å². The van der Waals surface area contributed by atoms with Crippen LogP contribution in [0.5, 0.6) is 11.6 Å². The van der Waals surface area contributed by atoms with Crippen LogP contribution in [0.15, 0.2) is 30.5 Å². The molecule has 0 aliphatic carbocycles. The van der Waals surface area contributed by atoms with Crippen LogP contribution < -0.4 is 4.74 Å². The molecule has 0 aliphatic rings. The van der Waals surface area contributed by atoms with Gasteiger partial charge in [-0.1, -0.05) is 40.9 Å². The monoisotopic (exact) mass is 303 g/mol. The number of halogens is 3. The molecule has 0 bridgehead atoms. The Hall–Kier alpha value is -1.000. The Morgan fingerprint density at radius 2 is 1.94 bits per heavy atom. The van der Waals surface area contributed by atoms with Crippen molar-refractivity contribution in [3.63, 3.8) is 0 Å². The molecule has 1 aromatic carbocycles. The van der Waals surface area contributed by atoms with Gasteiger partial charge < -0.3 is 9.84 Å². The second kappa shape index (κ2) is 5.76. The van der Waals surface area contributed by atoms with Crippen molar-refractivity contribution in [3.05, 3.63) is 51.1 Å². The van der Waals surface area contributed by atoms with E-state index in [1.807, 2.05) is 0 Å². The molecular weight excluding hydrogens is 296 g/mol. The van der Waals surface area contributed by atoms with Gasteiger partial charge in [0, 0.05) is 6.20 Å². The number of aliphatic hydroxyl groups is 1. The third-order valence-electron chi connectivity index (χ3n) is 2.17. The van der Waals surface area contributed by atoms with Crippen molar-refractivity contribution in [3.8, 4) is 11.6 Å². The van der Waals surface area contributed by atoms with Crippen molar-refractivity contribution >= 4 is 34.8 Å². The van der Waals surface area contributed by atoms with Gasteiger partial charge in [0.2, 0.25) is 5.88 Å². The van der Waals surface area contributed by atoms with Crippen LogP contribution in [0.3, 0.4) is 0 Å². The average molecular weight is 305 g/mol. The molecule has 1 heterocycles. The highest BCUT2D eigenvalue weighted by Gasteiger charge is 2.10. The lowest BCUT2D eigenvalue weighted by Gasteiger charge is -2.09. The van der Waals surface area contributed by atoms with E-state index in [0.717, 1.165) is 0 Å². The van der Waals surface area contributed by atoms with Gasteiger partial charge in [0.1, 0.15) is 15.8 Å². The zero-order chi connectivity index (χ0) is 13.1. The Bertz CT molecular complexity index is 575. The molecular formula is C12H8Cl3NO2. The molecule has 0 fully saturated rings. The Morgan fingerprint density at radius 1 is 1.17 bits per heavy atom. The van der Waals surface area contributed by atoms with E-state index >= 15 is 0 Å². The molecule has 3 nitrogen and oxygen atoms in total. The van der Waals surface area contributed by atoms with Crippen molar-refractivity contribution in [2.75, 3.05) is 0 Å². The molecule has 2 aromatic rings. The van der Waals surface area contributed by atoms with E-state index in [4.69, 9.17) is 44.6 Å². The van der Waals surface area contributed by atoms with E-state index in [9.17, 15) is 0 Å². The van der Waals surface area contributed by atoms with Gasteiger partial charge in [0.05, 0.1) is 11.6 Å². The number of pyridine rings is 1. The van der Waals surface area contributed by atoms with Crippen molar-refractivity contribution in [1.82, 2.24) is 4.98 Å². The predicted molar refractivity (Wildman–Crippen MR) is 71.7 cm³/mol. The van der Waals surface area contributed by atoms with Crippen molar-refractivity contribution < 1.29 is 9.84 Å². The maximum Gasteiger partial charge on any atom is 0.238 e. The van der Waals surface area contributed by atoms with Crippen LogP contribution in [0.4, 0.5) is 0 Å². The van der Waals surface area contributed by atoms with Gasteiger partial charge in [-0.05, 0) is 23.8 Å². The first kappa shape index (κ1) is 13.4. The van der Waals surface area contributed by atoms with Crippen LogP contribution in [-0.4, -0.2) is 10.1 Å². The summed E-state index contributed by atoms with van der Waals surface area (Å²) >= 11 is 17.8. The van der Waals surface area contributed by atoms with E-state index < -0.39 is 0 Å². The fourth-order valence-corrected chi connectivity index (χ4v) is 1.85. The SMILES string of the molecule is OCc1cnc(Oc2cccc(Cl)c2Cl)c(Cl)c1. The first-order valence-corrected chi connectivity index (χ1v) is 6.12. The third-order valence-corrected chi connectivity index (χ3v) is 3.24. The van der Waals surface area contributed by atoms with Crippen LogP contribution in [0.1, 0.15) is 5.56 Å². The highest BCUT2D eigenvalue weighted by molar-refractivity contribution is 6.43. The third kappa shape index (κ3) is 2.87. The summed E-state index contributed by atoms with van der Waals surface area (Å²) in [6.07, 6.45) is 1.47. The standard InChI is InChI=1S/C12H8Cl3NO2/c13-8-2-1-3-10(11(8)15)18-12-9(14)4-7(6-17)5-16-12/h1-5,17H,6H2. The second-order valence-corrected chi connectivity index (χ2v) is 4.64. The van der Waals surface area contributed by atoms with Gasteiger partial charge in [-0.2, -0.15) is 0 Å². The lowest BCUT2D eigenvalue weighted by atomic mass is 10.3. The molecule has 6 heteroatoms. The minimum atomic E-state index is -0.134. The Morgan fingerprint density at radius 3 is 2.61 bits per heavy atom. The Kier molecular flexibility index (Phi) is 4.30. The zero-order valence-corrected chi connectivity index (χ0v) is 11.3. The summed E-state index contributed by atoms with van der Waals surface area (Å²) in [7, 11) is 0. The van der Waals surface area contributed by atoms with Crippen molar-refractivity contribution in [2.45, 2.75) is 6.61 Å². The number of hydrogen-bond acceptors (Lipinski definition) is 3. The molecule has 1 aromatic heterocycles. The summed E-state index contributed by atoms with van der Waals surface area (Å²) in [6.45, 7) is -0.134. The molecule has 18 heavy (non-hydrogen) atoms. The predicted octanol–water partition coefficient (Wildman–Crippen LogP) is 4.33. The molecule has 0 saturated heterocycles. The van der Waals surface area contributed by atoms with Crippen LogP contribution in [-0.2, 0) is 6.61 Å². The van der Waals surface area contributed by atoms with Gasteiger partial charge in [0.25, 0.3) is 0 Å². The van der Waals surface area contributed by atoms with Gasteiger partial charge >= 0.3 is 0 Å². The first-order valence-electron chi connectivity index (χ1n) is 4.99. The number of hydrogen-bond donors (Lipinski definition) is 1. The quantitative estimate of drug-likeness (QED) is 0.918. The lowest BCUT2D eigenvalue weighted by Crippen LogP contribution is -1.92. The zero-order valence-electron chi connectivity index (χ0n) is 9.03. The van der Waals surface area contributed by atoms with Crippen molar-refractivity contribution in [1.29, 1.82) is 0 Å². The molecule has 0 unspecified atom stereocenters. The van der Waals surface area contributed by atoms with Crippen molar-refractivity contribution in [2.24, 2.45) is 0 Å². The minimum Gasteiger partial charge on any atom is -0.436 e. The lowest BCUT2D eigenvalue weighted by molar-refractivity contribution is 0.281.